The van der Waals surface area contributed by atoms with Crippen LogP contribution in [0.3, 0.4) is 0 Å². The van der Waals surface area contributed by atoms with Crippen LogP contribution in [-0.2, 0) is 6.18 Å². The zero-order valence-electron chi connectivity index (χ0n) is 13.0. The quantitative estimate of drug-likeness (QED) is 0.681. The number of nitrogens with zero attached hydrogens (tertiary/aromatic N) is 6. The Morgan fingerprint density at radius 3 is 2.54 bits per heavy atom. The summed E-state index contributed by atoms with van der Waals surface area (Å²) in [6.07, 6.45) is -2.97. The molecule has 0 bridgehead atoms. The zero-order valence-corrected chi connectivity index (χ0v) is 13.0. The largest absolute Gasteiger partial charge is 0.416 e. The lowest BCUT2D eigenvalue weighted by atomic mass is 10.2. The maximum absolute atomic E-state index is 13.0. The Labute approximate surface area is 135 Å². The molecule has 1 aliphatic rings. The van der Waals surface area contributed by atoms with Crippen molar-refractivity contribution in [1.82, 2.24) is 24.5 Å². The van der Waals surface area contributed by atoms with Crippen molar-refractivity contribution >= 4 is 22.5 Å². The van der Waals surface area contributed by atoms with E-state index in [1.165, 1.54) is 12.4 Å². The summed E-state index contributed by atoms with van der Waals surface area (Å²) in [6.45, 7) is 3.37. The van der Waals surface area contributed by atoms with E-state index in [1.54, 1.807) is 4.40 Å². The molecular weight excluding hydrogens is 321 g/mol. The van der Waals surface area contributed by atoms with Gasteiger partial charge in [-0.25, -0.2) is 4.98 Å². The van der Waals surface area contributed by atoms with Crippen molar-refractivity contribution in [3.63, 3.8) is 0 Å². The summed E-state index contributed by atoms with van der Waals surface area (Å²) in [5.74, 6) is 0.660. The average molecular weight is 336 g/mol. The SMILES string of the molecule is CN1CCN(c2nc3ccc(C(F)(F)F)cc3n3cnnc23)CC1. The summed E-state index contributed by atoms with van der Waals surface area (Å²) in [6, 6.07) is 3.54. The Balaban J connectivity index is 1.88. The topological polar surface area (TPSA) is 49.6 Å². The lowest BCUT2D eigenvalue weighted by Crippen LogP contribution is -2.45. The molecule has 1 saturated heterocycles. The maximum Gasteiger partial charge on any atom is 0.416 e. The molecule has 24 heavy (non-hydrogen) atoms. The van der Waals surface area contributed by atoms with Gasteiger partial charge < -0.3 is 9.80 Å². The summed E-state index contributed by atoms with van der Waals surface area (Å²) in [4.78, 5) is 8.88. The summed E-state index contributed by atoms with van der Waals surface area (Å²) in [7, 11) is 2.05. The fourth-order valence-electron chi connectivity index (χ4n) is 2.95. The van der Waals surface area contributed by atoms with E-state index < -0.39 is 11.7 Å². The van der Waals surface area contributed by atoms with Crippen LogP contribution in [0.25, 0.3) is 16.7 Å². The molecule has 0 atom stereocenters. The third-order valence-corrected chi connectivity index (χ3v) is 4.34. The molecule has 3 heterocycles. The molecule has 0 aliphatic carbocycles. The molecule has 3 aromatic rings. The molecule has 0 amide bonds. The summed E-state index contributed by atoms with van der Waals surface area (Å²) in [5.41, 5.74) is 0.609. The van der Waals surface area contributed by atoms with Crippen LogP contribution < -0.4 is 4.90 Å². The van der Waals surface area contributed by atoms with Crippen LogP contribution in [0.4, 0.5) is 19.0 Å². The van der Waals surface area contributed by atoms with E-state index in [-0.39, 0.29) is 0 Å². The van der Waals surface area contributed by atoms with Gasteiger partial charge in [0.2, 0.25) is 5.65 Å². The van der Waals surface area contributed by atoms with Crippen molar-refractivity contribution in [2.45, 2.75) is 6.18 Å². The molecule has 1 aromatic carbocycles. The first kappa shape index (κ1) is 15.1. The van der Waals surface area contributed by atoms with Crippen LogP contribution in [0.15, 0.2) is 24.5 Å². The molecule has 9 heteroatoms. The van der Waals surface area contributed by atoms with Crippen molar-refractivity contribution in [2.24, 2.45) is 0 Å². The van der Waals surface area contributed by atoms with Gasteiger partial charge in [0.1, 0.15) is 6.33 Å². The van der Waals surface area contributed by atoms with Gasteiger partial charge in [-0.2, -0.15) is 13.2 Å². The standard InChI is InChI=1S/C15H15F3N6/c1-22-4-6-23(7-5-22)13-14-21-19-9-24(14)12-8-10(15(16,17)18)2-3-11(12)20-13/h2-3,8-9H,4-7H2,1H3. The summed E-state index contributed by atoms with van der Waals surface area (Å²) in [5, 5.41) is 7.94. The molecule has 1 fully saturated rings. The minimum Gasteiger partial charge on any atom is -0.351 e. The number of fused-ring (bicyclic) bond motifs is 3. The van der Waals surface area contributed by atoms with Gasteiger partial charge >= 0.3 is 6.18 Å². The summed E-state index contributed by atoms with van der Waals surface area (Å²) < 4.78 is 40.5. The number of piperazine rings is 1. The Bertz CT molecular complexity index is 895. The van der Waals surface area contributed by atoms with Gasteiger partial charge in [-0.05, 0) is 25.2 Å². The second-order valence-corrected chi connectivity index (χ2v) is 5.95. The molecule has 126 valence electrons. The predicted octanol–water partition coefficient (Wildman–Crippen LogP) is 2.05. The van der Waals surface area contributed by atoms with Crippen LogP contribution in [0.2, 0.25) is 0 Å². The van der Waals surface area contributed by atoms with Crippen molar-refractivity contribution in [2.75, 3.05) is 38.1 Å². The normalized spacial score (nSPS) is 17.1. The fourth-order valence-corrected chi connectivity index (χ4v) is 2.95. The van der Waals surface area contributed by atoms with Crippen LogP contribution in [-0.4, -0.2) is 57.7 Å². The van der Waals surface area contributed by atoms with Gasteiger partial charge in [0.05, 0.1) is 16.6 Å². The molecule has 4 rings (SSSR count). The molecule has 1 aliphatic heterocycles. The molecule has 0 radical (unpaired) electrons. The van der Waals surface area contributed by atoms with E-state index in [1.807, 2.05) is 0 Å². The van der Waals surface area contributed by atoms with E-state index in [2.05, 4.69) is 32.0 Å². The van der Waals surface area contributed by atoms with Crippen molar-refractivity contribution in [1.29, 1.82) is 0 Å². The van der Waals surface area contributed by atoms with Crippen molar-refractivity contribution in [3.05, 3.63) is 30.1 Å². The van der Waals surface area contributed by atoms with Crippen LogP contribution >= 0.6 is 0 Å². The number of likely N-dealkylation sites (N-methyl/N-ethyl adjacent to an activating group) is 1. The molecule has 0 unspecified atom stereocenters. The minimum absolute atomic E-state index is 0.350. The van der Waals surface area contributed by atoms with Crippen molar-refractivity contribution < 1.29 is 13.2 Å². The van der Waals surface area contributed by atoms with Crippen LogP contribution in [0.1, 0.15) is 5.56 Å². The fraction of sp³-hybridized carbons (Fsp3) is 0.400. The highest BCUT2D eigenvalue weighted by molar-refractivity contribution is 5.83. The average Bonchev–Trinajstić information content (AvgIpc) is 3.03. The Morgan fingerprint density at radius 1 is 1.08 bits per heavy atom. The van der Waals surface area contributed by atoms with Crippen LogP contribution in [0, 0.1) is 0 Å². The summed E-state index contributed by atoms with van der Waals surface area (Å²) >= 11 is 0. The number of hydrogen-bond donors (Lipinski definition) is 0. The Morgan fingerprint density at radius 2 is 1.83 bits per heavy atom. The number of benzene rings is 1. The lowest BCUT2D eigenvalue weighted by molar-refractivity contribution is -0.137. The van der Waals surface area contributed by atoms with Crippen LogP contribution in [0.5, 0.6) is 0 Å². The molecular formula is C15H15F3N6. The van der Waals surface area contributed by atoms with Gasteiger partial charge in [0.25, 0.3) is 0 Å². The van der Waals surface area contributed by atoms with E-state index in [0.717, 1.165) is 38.3 Å². The van der Waals surface area contributed by atoms with Crippen molar-refractivity contribution in [3.8, 4) is 0 Å². The van der Waals surface area contributed by atoms with Gasteiger partial charge in [0, 0.05) is 26.2 Å². The monoisotopic (exact) mass is 336 g/mol. The number of rotatable bonds is 1. The highest BCUT2D eigenvalue weighted by atomic mass is 19.4. The van der Waals surface area contributed by atoms with Gasteiger partial charge in [0.15, 0.2) is 5.82 Å². The number of anilines is 1. The number of halogens is 3. The third-order valence-electron chi connectivity index (χ3n) is 4.34. The zero-order chi connectivity index (χ0) is 16.9. The smallest absolute Gasteiger partial charge is 0.351 e. The number of hydrogen-bond acceptors (Lipinski definition) is 5. The number of alkyl halides is 3. The Kier molecular flexibility index (Phi) is 3.34. The molecule has 0 spiro atoms. The molecule has 0 N–H and O–H groups in total. The van der Waals surface area contributed by atoms with E-state index >= 15 is 0 Å². The molecule has 0 saturated carbocycles. The van der Waals surface area contributed by atoms with E-state index in [9.17, 15) is 13.2 Å². The van der Waals surface area contributed by atoms with Gasteiger partial charge in [-0.1, -0.05) is 0 Å². The second kappa shape index (κ2) is 5.30. The minimum atomic E-state index is -4.40. The van der Waals surface area contributed by atoms with E-state index in [0.29, 0.717) is 22.5 Å². The third kappa shape index (κ3) is 2.44. The highest BCUT2D eigenvalue weighted by Gasteiger charge is 2.31. The predicted molar refractivity (Wildman–Crippen MR) is 83.0 cm³/mol. The first-order valence-corrected chi connectivity index (χ1v) is 7.58. The van der Waals surface area contributed by atoms with E-state index in [4.69, 9.17) is 0 Å². The first-order valence-electron chi connectivity index (χ1n) is 7.58. The molecule has 2 aromatic heterocycles. The number of aromatic nitrogens is 4. The first-order chi connectivity index (χ1) is 11.4. The van der Waals surface area contributed by atoms with Gasteiger partial charge in [-0.3, -0.25) is 4.40 Å². The van der Waals surface area contributed by atoms with Gasteiger partial charge in [-0.15, -0.1) is 10.2 Å². The lowest BCUT2D eigenvalue weighted by Gasteiger charge is -2.33. The Hall–Kier alpha value is -2.42. The second-order valence-electron chi connectivity index (χ2n) is 5.95. The highest BCUT2D eigenvalue weighted by Crippen LogP contribution is 2.32. The molecule has 6 nitrogen and oxygen atoms in total. The maximum atomic E-state index is 13.0.